The van der Waals surface area contributed by atoms with E-state index in [9.17, 15) is 19.1 Å². The minimum atomic E-state index is -1.17. The number of carbonyl (C=O) groups is 2. The third-order valence-corrected chi connectivity index (χ3v) is 4.79. The molecule has 3 rings (SSSR count). The molecule has 1 amide bonds. The van der Waals surface area contributed by atoms with Crippen molar-refractivity contribution in [3.05, 3.63) is 69.3 Å². The minimum absolute atomic E-state index is 0.0510. The summed E-state index contributed by atoms with van der Waals surface area (Å²) in [5, 5.41) is 16.9. The maximum absolute atomic E-state index is 13.7. The average Bonchev–Trinajstić information content (AvgIpc) is 2.66. The van der Waals surface area contributed by atoms with Gasteiger partial charge in [-0.15, -0.1) is 0 Å². The fourth-order valence-electron chi connectivity index (χ4n) is 3.22. The molecule has 0 radical (unpaired) electrons. The summed E-state index contributed by atoms with van der Waals surface area (Å²) < 4.78 is 19.5. The number of nitrogens with one attached hydrogen (secondary N) is 1. The molecule has 2 unspecified atom stereocenters. The summed E-state index contributed by atoms with van der Waals surface area (Å²) >= 11 is 0. The van der Waals surface area contributed by atoms with E-state index in [0.29, 0.717) is 16.9 Å². The van der Waals surface area contributed by atoms with Crippen LogP contribution in [-0.4, -0.2) is 28.5 Å². The van der Waals surface area contributed by atoms with Crippen molar-refractivity contribution in [1.82, 2.24) is 5.32 Å². The number of aliphatic hydroxyl groups excluding tert-OH is 1. The Labute approximate surface area is 165 Å². The number of hydrogen-bond acceptors (Lipinski definition) is 5. The van der Waals surface area contributed by atoms with Crippen molar-refractivity contribution in [3.63, 3.8) is 0 Å². The van der Waals surface area contributed by atoms with Gasteiger partial charge in [-0.3, -0.25) is 9.59 Å². The zero-order valence-electron chi connectivity index (χ0n) is 16.0. The number of amides is 1. The molecule has 0 aromatic heterocycles. The fourth-order valence-corrected chi connectivity index (χ4v) is 3.22. The Morgan fingerprint density at radius 2 is 2.00 bits per heavy atom. The molecule has 0 saturated heterocycles. The van der Waals surface area contributed by atoms with Gasteiger partial charge in [0.25, 0.3) is 5.91 Å². The average molecular weight is 398 g/mol. The van der Waals surface area contributed by atoms with Crippen molar-refractivity contribution < 1.29 is 23.8 Å². The van der Waals surface area contributed by atoms with Gasteiger partial charge in [-0.05, 0) is 62.7 Å². The molecule has 150 valence electrons. The quantitative estimate of drug-likeness (QED) is 0.350. The molecule has 0 bridgehead atoms. The van der Waals surface area contributed by atoms with Gasteiger partial charge in [0.2, 0.25) is 0 Å². The molecule has 9 heteroatoms. The minimum Gasteiger partial charge on any atom is -0.485 e. The van der Waals surface area contributed by atoms with Gasteiger partial charge in [0, 0.05) is 16.0 Å². The zero-order valence-corrected chi connectivity index (χ0v) is 16.0. The Morgan fingerprint density at radius 3 is 2.66 bits per heavy atom. The van der Waals surface area contributed by atoms with Gasteiger partial charge in [-0.2, -0.15) is 0 Å². The number of rotatable bonds is 4. The van der Waals surface area contributed by atoms with Crippen LogP contribution in [-0.2, 0) is 0 Å². The van der Waals surface area contributed by atoms with E-state index in [0.717, 1.165) is 12.1 Å². The number of aliphatic hydroxyl groups is 1. The molecule has 0 fully saturated rings. The van der Waals surface area contributed by atoms with Crippen LogP contribution in [0, 0.1) is 5.82 Å². The van der Waals surface area contributed by atoms with E-state index in [-0.39, 0.29) is 17.0 Å². The van der Waals surface area contributed by atoms with Gasteiger partial charge in [-0.1, -0.05) is 5.11 Å². The molecule has 0 aliphatic carbocycles. The highest BCUT2D eigenvalue weighted by atomic mass is 19.1. The van der Waals surface area contributed by atoms with Crippen molar-refractivity contribution >= 4 is 17.4 Å². The first-order valence-electron chi connectivity index (χ1n) is 8.81. The van der Waals surface area contributed by atoms with E-state index in [2.05, 4.69) is 15.3 Å². The first-order chi connectivity index (χ1) is 13.6. The molecular weight excluding hydrogens is 379 g/mol. The highest BCUT2D eigenvalue weighted by Gasteiger charge is 2.44. The normalized spacial score (nSPS) is 19.3. The smallest absolute Gasteiger partial charge is 0.252 e. The summed E-state index contributed by atoms with van der Waals surface area (Å²) in [5.41, 5.74) is 8.22. The monoisotopic (exact) mass is 398 g/mol. The molecule has 2 aromatic rings. The van der Waals surface area contributed by atoms with Crippen LogP contribution in [0.25, 0.3) is 10.4 Å². The molecule has 29 heavy (non-hydrogen) atoms. The summed E-state index contributed by atoms with van der Waals surface area (Å²) in [5.74, 6) is -1.20. The molecule has 2 atom stereocenters. The summed E-state index contributed by atoms with van der Waals surface area (Å²) in [6.07, 6.45) is -1.17. The van der Waals surface area contributed by atoms with Crippen molar-refractivity contribution in [2.24, 2.45) is 5.11 Å². The number of carbonyl (C=O) groups excluding carboxylic acids is 2. The number of azide groups is 1. The van der Waals surface area contributed by atoms with E-state index in [1.165, 1.54) is 13.0 Å². The fraction of sp³-hybridized carbons (Fsp3) is 0.300. The Kier molecular flexibility index (Phi) is 5.28. The molecule has 2 N–H and O–H groups in total. The largest absolute Gasteiger partial charge is 0.485 e. The summed E-state index contributed by atoms with van der Waals surface area (Å²) in [6, 6.07) is 7.01. The second-order valence-corrected chi connectivity index (χ2v) is 7.26. The second-order valence-electron chi connectivity index (χ2n) is 7.26. The standard InChI is InChI=1S/C20H19FN4O4/c1-10(26)11-4-7-16-14(8-11)17(18(27)20(2,3)29-16)23-19(28)13-9-12(21)5-6-15(13)24-25-22/h4-9,17-18,27H,1-3H3,(H,23,28). The highest BCUT2D eigenvalue weighted by Crippen LogP contribution is 2.40. The maximum atomic E-state index is 13.7. The molecule has 8 nitrogen and oxygen atoms in total. The lowest BCUT2D eigenvalue weighted by molar-refractivity contribution is -0.0627. The number of benzene rings is 2. The first-order valence-corrected chi connectivity index (χ1v) is 8.81. The topological polar surface area (TPSA) is 124 Å². The van der Waals surface area contributed by atoms with E-state index >= 15 is 0 Å². The van der Waals surface area contributed by atoms with Crippen LogP contribution in [0.1, 0.15) is 53.1 Å². The predicted molar refractivity (Wildman–Crippen MR) is 103 cm³/mol. The SMILES string of the molecule is CC(=O)c1ccc2c(c1)C(NC(=O)c1cc(F)ccc1N=[N+]=[N-])C(O)C(C)(C)O2. The van der Waals surface area contributed by atoms with Crippen LogP contribution in [0.2, 0.25) is 0 Å². The number of ether oxygens (including phenoxy) is 1. The number of halogens is 1. The Bertz CT molecular complexity index is 1050. The lowest BCUT2D eigenvalue weighted by Crippen LogP contribution is -2.53. The summed E-state index contributed by atoms with van der Waals surface area (Å²) in [7, 11) is 0. The van der Waals surface area contributed by atoms with Crippen LogP contribution in [0.15, 0.2) is 41.5 Å². The van der Waals surface area contributed by atoms with Crippen LogP contribution < -0.4 is 10.1 Å². The van der Waals surface area contributed by atoms with E-state index in [1.54, 1.807) is 32.0 Å². The van der Waals surface area contributed by atoms with Crippen molar-refractivity contribution in [2.45, 2.75) is 38.5 Å². The highest BCUT2D eigenvalue weighted by molar-refractivity contribution is 5.99. The van der Waals surface area contributed by atoms with Crippen molar-refractivity contribution in [3.8, 4) is 5.75 Å². The molecule has 0 saturated carbocycles. The third-order valence-electron chi connectivity index (χ3n) is 4.79. The van der Waals surface area contributed by atoms with E-state index in [4.69, 9.17) is 10.3 Å². The molecule has 1 aliphatic rings. The van der Waals surface area contributed by atoms with Gasteiger partial charge < -0.3 is 15.2 Å². The zero-order chi connectivity index (χ0) is 21.3. The van der Waals surface area contributed by atoms with Crippen LogP contribution in [0.4, 0.5) is 10.1 Å². The summed E-state index contributed by atoms with van der Waals surface area (Å²) in [6.45, 7) is 4.72. The van der Waals surface area contributed by atoms with Gasteiger partial charge in [0.1, 0.15) is 23.3 Å². The number of ketones is 1. The van der Waals surface area contributed by atoms with Crippen LogP contribution in [0.3, 0.4) is 0 Å². The number of nitrogens with zero attached hydrogens (tertiary/aromatic N) is 3. The molecule has 1 heterocycles. The molecule has 2 aromatic carbocycles. The maximum Gasteiger partial charge on any atom is 0.252 e. The Morgan fingerprint density at radius 1 is 1.28 bits per heavy atom. The lowest BCUT2D eigenvalue weighted by atomic mass is 9.85. The van der Waals surface area contributed by atoms with Gasteiger partial charge in [0.05, 0.1) is 17.3 Å². The molecule has 1 aliphatic heterocycles. The predicted octanol–water partition coefficient (Wildman–Crippen LogP) is 3.97. The van der Waals surface area contributed by atoms with E-state index < -0.39 is 29.5 Å². The van der Waals surface area contributed by atoms with Gasteiger partial charge in [0.15, 0.2) is 5.78 Å². The Balaban J connectivity index is 2.05. The third kappa shape index (κ3) is 3.91. The summed E-state index contributed by atoms with van der Waals surface area (Å²) in [4.78, 5) is 27.3. The van der Waals surface area contributed by atoms with Gasteiger partial charge >= 0.3 is 0 Å². The first kappa shape index (κ1) is 20.3. The van der Waals surface area contributed by atoms with Crippen LogP contribution >= 0.6 is 0 Å². The molecular formula is C20H19FN4O4. The van der Waals surface area contributed by atoms with Crippen LogP contribution in [0.5, 0.6) is 5.75 Å². The van der Waals surface area contributed by atoms with E-state index in [1.807, 2.05) is 0 Å². The lowest BCUT2D eigenvalue weighted by Gasteiger charge is -2.42. The Hall–Kier alpha value is -3.42. The number of Topliss-reactive ketones (excluding diaryl/α,β-unsaturated/α-hetero) is 1. The van der Waals surface area contributed by atoms with Gasteiger partial charge in [-0.25, -0.2) is 4.39 Å². The van der Waals surface area contributed by atoms with Crippen molar-refractivity contribution in [2.75, 3.05) is 0 Å². The van der Waals surface area contributed by atoms with Crippen molar-refractivity contribution in [1.29, 1.82) is 0 Å². The second kappa shape index (κ2) is 7.54. The molecule has 0 spiro atoms. The number of hydrogen-bond donors (Lipinski definition) is 2. The number of fused-ring (bicyclic) bond motifs is 1.